The molecule has 1 aromatic heterocycles. The Morgan fingerprint density at radius 2 is 1.84 bits per heavy atom. The summed E-state index contributed by atoms with van der Waals surface area (Å²) >= 11 is 0. The maximum atomic E-state index is 11.8. The van der Waals surface area contributed by atoms with E-state index in [9.17, 15) is 9.90 Å². The van der Waals surface area contributed by atoms with Crippen LogP contribution >= 0.6 is 0 Å². The Bertz CT molecular complexity index is 576. The van der Waals surface area contributed by atoms with Crippen molar-refractivity contribution >= 4 is 5.97 Å². The number of benzene rings is 1. The highest BCUT2D eigenvalue weighted by Gasteiger charge is 2.11. The van der Waals surface area contributed by atoms with Crippen LogP contribution in [0.3, 0.4) is 0 Å². The van der Waals surface area contributed by atoms with Crippen LogP contribution in [0.1, 0.15) is 24.3 Å². The Balaban J connectivity index is 2.29. The largest absolute Gasteiger partial charge is 0.508 e. The van der Waals surface area contributed by atoms with E-state index in [-0.39, 0.29) is 17.5 Å². The Labute approximate surface area is 111 Å². The maximum absolute atomic E-state index is 11.8. The van der Waals surface area contributed by atoms with Crippen molar-refractivity contribution < 1.29 is 14.6 Å². The highest BCUT2D eigenvalue weighted by Crippen LogP contribution is 2.20. The molecule has 0 aliphatic carbocycles. The van der Waals surface area contributed by atoms with E-state index >= 15 is 0 Å². The Morgan fingerprint density at radius 3 is 2.47 bits per heavy atom. The second-order valence-corrected chi connectivity index (χ2v) is 4.41. The summed E-state index contributed by atoms with van der Waals surface area (Å²) < 4.78 is 5.10. The highest BCUT2D eigenvalue weighted by atomic mass is 16.5. The van der Waals surface area contributed by atoms with Gasteiger partial charge in [0.05, 0.1) is 11.8 Å². The normalized spacial score (nSPS) is 10.5. The fourth-order valence-corrected chi connectivity index (χ4v) is 1.62. The Hall–Kier alpha value is -2.36. The monoisotopic (exact) mass is 257 g/mol. The Morgan fingerprint density at radius 1 is 1.16 bits per heavy atom. The van der Waals surface area contributed by atoms with Crippen LogP contribution < -0.4 is 0 Å². The van der Waals surface area contributed by atoms with Gasteiger partial charge in [0.15, 0.2) is 0 Å². The number of carbonyl (C=O) groups excluding carboxylic acids is 1. The van der Waals surface area contributed by atoms with Gasteiger partial charge in [0.1, 0.15) is 11.4 Å². The van der Waals surface area contributed by atoms with Crippen LogP contribution in [0, 0.1) is 0 Å². The molecule has 4 nitrogen and oxygen atoms in total. The molecule has 0 atom stereocenters. The summed E-state index contributed by atoms with van der Waals surface area (Å²) in [5, 5.41) is 9.25. The van der Waals surface area contributed by atoms with Crippen molar-refractivity contribution in [3.05, 3.63) is 48.2 Å². The van der Waals surface area contributed by atoms with Gasteiger partial charge < -0.3 is 9.84 Å². The molecule has 98 valence electrons. The SMILES string of the molecule is CC(C)OC(=O)c1cccc(-c2ccc(O)cc2)n1. The number of nitrogens with zero attached hydrogens (tertiary/aromatic N) is 1. The number of aromatic hydroxyl groups is 1. The molecule has 0 unspecified atom stereocenters. The average Bonchev–Trinajstić information content (AvgIpc) is 2.39. The smallest absolute Gasteiger partial charge is 0.357 e. The van der Waals surface area contributed by atoms with Crippen LogP contribution in [0.5, 0.6) is 5.75 Å². The molecule has 1 aromatic carbocycles. The third-order valence-electron chi connectivity index (χ3n) is 2.46. The molecule has 0 bridgehead atoms. The van der Waals surface area contributed by atoms with E-state index in [2.05, 4.69) is 4.98 Å². The predicted octanol–water partition coefficient (Wildman–Crippen LogP) is 3.02. The highest BCUT2D eigenvalue weighted by molar-refractivity contribution is 5.88. The van der Waals surface area contributed by atoms with Crippen LogP contribution in [0.25, 0.3) is 11.3 Å². The summed E-state index contributed by atoms with van der Waals surface area (Å²) in [6.45, 7) is 3.59. The summed E-state index contributed by atoms with van der Waals surface area (Å²) in [5.74, 6) is -0.241. The molecule has 2 rings (SSSR count). The van der Waals surface area contributed by atoms with Gasteiger partial charge in [-0.15, -0.1) is 0 Å². The summed E-state index contributed by atoms with van der Waals surface area (Å²) in [5.41, 5.74) is 1.77. The van der Waals surface area contributed by atoms with E-state index in [0.29, 0.717) is 5.69 Å². The second kappa shape index (κ2) is 5.52. The number of hydrogen-bond acceptors (Lipinski definition) is 4. The molecular weight excluding hydrogens is 242 g/mol. The number of phenolic OH excluding ortho intramolecular Hbond substituents is 1. The average molecular weight is 257 g/mol. The zero-order valence-corrected chi connectivity index (χ0v) is 10.8. The number of rotatable bonds is 3. The first kappa shape index (κ1) is 13.1. The van der Waals surface area contributed by atoms with Crippen LogP contribution in [0.2, 0.25) is 0 Å². The summed E-state index contributed by atoms with van der Waals surface area (Å²) in [6, 6.07) is 11.8. The van der Waals surface area contributed by atoms with Crippen molar-refractivity contribution in [2.24, 2.45) is 0 Å². The third-order valence-corrected chi connectivity index (χ3v) is 2.46. The number of ether oxygens (including phenoxy) is 1. The van der Waals surface area contributed by atoms with Gasteiger partial charge >= 0.3 is 5.97 Å². The van der Waals surface area contributed by atoms with Gasteiger partial charge in [-0.3, -0.25) is 0 Å². The minimum atomic E-state index is -0.435. The molecule has 0 fully saturated rings. The van der Waals surface area contributed by atoms with Crippen LogP contribution in [0.15, 0.2) is 42.5 Å². The lowest BCUT2D eigenvalue weighted by Gasteiger charge is -2.08. The standard InChI is InChI=1S/C15H15NO3/c1-10(2)19-15(18)14-5-3-4-13(16-14)11-6-8-12(17)9-7-11/h3-10,17H,1-2H3. The van der Waals surface area contributed by atoms with Crippen molar-refractivity contribution in [3.63, 3.8) is 0 Å². The number of carbonyl (C=O) groups is 1. The summed E-state index contributed by atoms with van der Waals surface area (Å²) in [4.78, 5) is 16.0. The van der Waals surface area contributed by atoms with Gasteiger partial charge in [0.2, 0.25) is 0 Å². The van der Waals surface area contributed by atoms with Gasteiger partial charge in [0.25, 0.3) is 0 Å². The van der Waals surface area contributed by atoms with Crippen molar-refractivity contribution in [1.29, 1.82) is 0 Å². The molecule has 2 aromatic rings. The van der Waals surface area contributed by atoms with E-state index in [4.69, 9.17) is 4.74 Å². The molecule has 0 saturated carbocycles. The van der Waals surface area contributed by atoms with Crippen molar-refractivity contribution in [1.82, 2.24) is 4.98 Å². The van der Waals surface area contributed by atoms with Gasteiger partial charge in [-0.2, -0.15) is 0 Å². The molecule has 19 heavy (non-hydrogen) atoms. The zero-order valence-electron chi connectivity index (χ0n) is 10.8. The van der Waals surface area contributed by atoms with Crippen LogP contribution in [0.4, 0.5) is 0 Å². The van der Waals surface area contributed by atoms with Gasteiger partial charge in [-0.1, -0.05) is 6.07 Å². The molecule has 1 N–H and O–H groups in total. The van der Waals surface area contributed by atoms with Crippen molar-refractivity contribution in [3.8, 4) is 17.0 Å². The van der Waals surface area contributed by atoms with E-state index in [1.165, 1.54) is 0 Å². The number of aromatic nitrogens is 1. The molecular formula is C15H15NO3. The first-order valence-corrected chi connectivity index (χ1v) is 6.03. The number of phenols is 1. The predicted molar refractivity (Wildman–Crippen MR) is 71.9 cm³/mol. The fourth-order valence-electron chi connectivity index (χ4n) is 1.62. The minimum absolute atomic E-state index is 0.174. The van der Waals surface area contributed by atoms with Gasteiger partial charge in [0, 0.05) is 5.56 Å². The topological polar surface area (TPSA) is 59.4 Å². The second-order valence-electron chi connectivity index (χ2n) is 4.41. The lowest BCUT2D eigenvalue weighted by atomic mass is 10.1. The first-order chi connectivity index (χ1) is 9.06. The van der Waals surface area contributed by atoms with E-state index in [1.54, 1.807) is 56.3 Å². The van der Waals surface area contributed by atoms with Gasteiger partial charge in [-0.05, 0) is 50.2 Å². The van der Waals surface area contributed by atoms with E-state index < -0.39 is 5.97 Å². The quantitative estimate of drug-likeness (QED) is 0.859. The molecule has 0 radical (unpaired) electrons. The first-order valence-electron chi connectivity index (χ1n) is 6.03. The van der Waals surface area contributed by atoms with E-state index in [1.807, 2.05) is 0 Å². The fraction of sp³-hybridized carbons (Fsp3) is 0.200. The van der Waals surface area contributed by atoms with Crippen molar-refractivity contribution in [2.75, 3.05) is 0 Å². The maximum Gasteiger partial charge on any atom is 0.357 e. The Kier molecular flexibility index (Phi) is 3.80. The van der Waals surface area contributed by atoms with Crippen molar-refractivity contribution in [2.45, 2.75) is 20.0 Å². The number of hydrogen-bond donors (Lipinski definition) is 1. The van der Waals surface area contributed by atoms with Gasteiger partial charge in [-0.25, -0.2) is 9.78 Å². The molecule has 1 heterocycles. The molecule has 0 aliphatic heterocycles. The number of esters is 1. The van der Waals surface area contributed by atoms with Crippen LogP contribution in [-0.4, -0.2) is 22.2 Å². The third kappa shape index (κ3) is 3.31. The zero-order chi connectivity index (χ0) is 13.8. The lowest BCUT2D eigenvalue weighted by Crippen LogP contribution is -2.13. The lowest BCUT2D eigenvalue weighted by molar-refractivity contribution is 0.0371. The molecule has 0 aliphatic rings. The summed E-state index contributed by atoms with van der Waals surface area (Å²) in [7, 11) is 0. The molecule has 0 saturated heterocycles. The van der Waals surface area contributed by atoms with Crippen LogP contribution in [-0.2, 0) is 4.74 Å². The summed E-state index contributed by atoms with van der Waals surface area (Å²) in [6.07, 6.45) is -0.174. The molecule has 4 heteroatoms. The molecule has 0 amide bonds. The van der Waals surface area contributed by atoms with E-state index in [0.717, 1.165) is 5.56 Å². The molecule has 0 spiro atoms. The number of pyridine rings is 1. The minimum Gasteiger partial charge on any atom is -0.508 e.